The van der Waals surface area contributed by atoms with Gasteiger partial charge in [0.25, 0.3) is 5.91 Å². The van der Waals surface area contributed by atoms with Crippen LogP contribution >= 0.6 is 0 Å². The molecule has 2 heterocycles. The molecule has 122 valence electrons. The van der Waals surface area contributed by atoms with Gasteiger partial charge in [-0.1, -0.05) is 0 Å². The standard InChI is InChI=1S/C17H22N4O2/c1-3-23-15-6-4-14(5-7-15)16(22)20-10-12-21(13-11-20)17-18-8-9-19(17)2/h4-9H,3,10-13H2,1-2H3. The molecule has 2 aromatic rings. The number of carbonyl (C=O) groups is 1. The molecular formula is C17H22N4O2. The topological polar surface area (TPSA) is 50.6 Å². The van der Waals surface area contributed by atoms with Gasteiger partial charge in [0.15, 0.2) is 0 Å². The van der Waals surface area contributed by atoms with Gasteiger partial charge in [0, 0.05) is 51.2 Å². The lowest BCUT2D eigenvalue weighted by Gasteiger charge is -2.35. The number of aromatic nitrogens is 2. The van der Waals surface area contributed by atoms with Crippen molar-refractivity contribution >= 4 is 11.9 Å². The number of ether oxygens (including phenoxy) is 1. The number of anilines is 1. The van der Waals surface area contributed by atoms with Gasteiger partial charge >= 0.3 is 0 Å². The number of piperazine rings is 1. The third kappa shape index (κ3) is 3.31. The molecule has 1 aromatic carbocycles. The van der Waals surface area contributed by atoms with Gasteiger partial charge in [-0.2, -0.15) is 0 Å². The molecule has 1 aliphatic heterocycles. The van der Waals surface area contributed by atoms with E-state index < -0.39 is 0 Å². The molecule has 6 heteroatoms. The van der Waals surface area contributed by atoms with Crippen molar-refractivity contribution in [2.24, 2.45) is 7.05 Å². The Kier molecular flexibility index (Phi) is 4.50. The van der Waals surface area contributed by atoms with Crippen molar-refractivity contribution in [3.8, 4) is 5.75 Å². The van der Waals surface area contributed by atoms with Gasteiger partial charge < -0.3 is 19.1 Å². The van der Waals surface area contributed by atoms with Crippen LogP contribution in [0.3, 0.4) is 0 Å². The first-order chi connectivity index (χ1) is 11.2. The molecule has 6 nitrogen and oxygen atoms in total. The Morgan fingerprint density at radius 2 is 1.87 bits per heavy atom. The monoisotopic (exact) mass is 314 g/mol. The Morgan fingerprint density at radius 1 is 1.17 bits per heavy atom. The molecule has 23 heavy (non-hydrogen) atoms. The Hall–Kier alpha value is -2.50. The summed E-state index contributed by atoms with van der Waals surface area (Å²) < 4.78 is 7.42. The van der Waals surface area contributed by atoms with Crippen LogP contribution in [0.2, 0.25) is 0 Å². The number of imidazole rings is 1. The number of amides is 1. The Balaban J connectivity index is 1.60. The summed E-state index contributed by atoms with van der Waals surface area (Å²) >= 11 is 0. The average molecular weight is 314 g/mol. The van der Waals surface area contributed by atoms with Crippen LogP contribution in [0.15, 0.2) is 36.7 Å². The Morgan fingerprint density at radius 3 is 2.43 bits per heavy atom. The number of rotatable bonds is 4. The van der Waals surface area contributed by atoms with E-state index in [9.17, 15) is 4.79 Å². The van der Waals surface area contributed by atoms with E-state index in [1.165, 1.54) is 0 Å². The zero-order valence-electron chi connectivity index (χ0n) is 13.6. The van der Waals surface area contributed by atoms with Gasteiger partial charge in [-0.25, -0.2) is 4.98 Å². The maximum atomic E-state index is 12.6. The number of aryl methyl sites for hydroxylation is 1. The Bertz CT molecular complexity index is 657. The van der Waals surface area contributed by atoms with Crippen LogP contribution in [0.25, 0.3) is 0 Å². The molecule has 0 atom stereocenters. The smallest absolute Gasteiger partial charge is 0.253 e. The molecular weight excluding hydrogens is 292 g/mol. The van der Waals surface area contributed by atoms with E-state index in [4.69, 9.17) is 4.74 Å². The number of benzene rings is 1. The fourth-order valence-electron chi connectivity index (χ4n) is 2.81. The first-order valence-corrected chi connectivity index (χ1v) is 7.93. The van der Waals surface area contributed by atoms with Crippen LogP contribution in [0.1, 0.15) is 17.3 Å². The van der Waals surface area contributed by atoms with Gasteiger partial charge in [-0.3, -0.25) is 4.79 Å². The highest BCUT2D eigenvalue weighted by molar-refractivity contribution is 5.94. The van der Waals surface area contributed by atoms with E-state index in [2.05, 4.69) is 9.88 Å². The molecule has 0 bridgehead atoms. The lowest BCUT2D eigenvalue weighted by Crippen LogP contribution is -2.49. The molecule has 0 spiro atoms. The lowest BCUT2D eigenvalue weighted by molar-refractivity contribution is 0.0746. The number of nitrogens with zero attached hydrogens (tertiary/aromatic N) is 4. The van der Waals surface area contributed by atoms with Crippen molar-refractivity contribution in [1.82, 2.24) is 14.5 Å². The Labute approximate surface area is 136 Å². The van der Waals surface area contributed by atoms with E-state index >= 15 is 0 Å². The minimum Gasteiger partial charge on any atom is -0.494 e. The normalized spacial score (nSPS) is 14.9. The molecule has 1 amide bonds. The second-order valence-corrected chi connectivity index (χ2v) is 5.57. The molecule has 0 saturated carbocycles. The van der Waals surface area contributed by atoms with E-state index in [1.54, 1.807) is 6.20 Å². The van der Waals surface area contributed by atoms with Crippen molar-refractivity contribution in [3.05, 3.63) is 42.2 Å². The van der Waals surface area contributed by atoms with Gasteiger partial charge in [-0.05, 0) is 31.2 Å². The summed E-state index contributed by atoms with van der Waals surface area (Å²) in [6.45, 7) is 5.58. The number of hydrogen-bond acceptors (Lipinski definition) is 4. The molecule has 1 aromatic heterocycles. The molecule has 0 aliphatic carbocycles. The zero-order chi connectivity index (χ0) is 16.2. The molecule has 1 fully saturated rings. The fraction of sp³-hybridized carbons (Fsp3) is 0.412. The second kappa shape index (κ2) is 6.73. The first-order valence-electron chi connectivity index (χ1n) is 7.93. The van der Waals surface area contributed by atoms with Gasteiger partial charge in [0.05, 0.1) is 6.61 Å². The largest absolute Gasteiger partial charge is 0.494 e. The van der Waals surface area contributed by atoms with E-state index in [0.717, 1.165) is 24.8 Å². The summed E-state index contributed by atoms with van der Waals surface area (Å²) in [6, 6.07) is 7.36. The van der Waals surface area contributed by atoms with E-state index in [1.807, 2.05) is 53.9 Å². The van der Waals surface area contributed by atoms with E-state index in [-0.39, 0.29) is 5.91 Å². The maximum absolute atomic E-state index is 12.6. The molecule has 0 radical (unpaired) electrons. The first kappa shape index (κ1) is 15.4. The molecule has 3 rings (SSSR count). The third-order valence-electron chi connectivity index (χ3n) is 4.06. The van der Waals surface area contributed by atoms with Crippen molar-refractivity contribution in [2.45, 2.75) is 6.92 Å². The van der Waals surface area contributed by atoms with Crippen molar-refractivity contribution < 1.29 is 9.53 Å². The maximum Gasteiger partial charge on any atom is 0.253 e. The molecule has 1 saturated heterocycles. The van der Waals surface area contributed by atoms with Crippen LogP contribution in [0.5, 0.6) is 5.75 Å². The number of carbonyl (C=O) groups excluding carboxylic acids is 1. The summed E-state index contributed by atoms with van der Waals surface area (Å²) in [6.07, 6.45) is 3.74. The predicted octanol–water partition coefficient (Wildman–Crippen LogP) is 1.78. The highest BCUT2D eigenvalue weighted by Gasteiger charge is 2.23. The summed E-state index contributed by atoms with van der Waals surface area (Å²) in [4.78, 5) is 21.0. The molecule has 0 unspecified atom stereocenters. The highest BCUT2D eigenvalue weighted by atomic mass is 16.5. The minimum absolute atomic E-state index is 0.0764. The van der Waals surface area contributed by atoms with Crippen molar-refractivity contribution in [1.29, 1.82) is 0 Å². The molecule has 1 aliphatic rings. The van der Waals surface area contributed by atoms with Gasteiger partial charge in [0.1, 0.15) is 5.75 Å². The molecule has 0 N–H and O–H groups in total. The number of hydrogen-bond donors (Lipinski definition) is 0. The zero-order valence-corrected chi connectivity index (χ0v) is 13.6. The van der Waals surface area contributed by atoms with Crippen LogP contribution < -0.4 is 9.64 Å². The minimum atomic E-state index is 0.0764. The van der Waals surface area contributed by atoms with Gasteiger partial charge in [-0.15, -0.1) is 0 Å². The van der Waals surface area contributed by atoms with Crippen LogP contribution in [-0.4, -0.2) is 53.1 Å². The van der Waals surface area contributed by atoms with Crippen molar-refractivity contribution in [2.75, 3.05) is 37.7 Å². The highest BCUT2D eigenvalue weighted by Crippen LogP contribution is 2.17. The summed E-state index contributed by atoms with van der Waals surface area (Å²) in [5, 5.41) is 0. The fourth-order valence-corrected chi connectivity index (χ4v) is 2.81. The van der Waals surface area contributed by atoms with Crippen LogP contribution in [-0.2, 0) is 7.05 Å². The van der Waals surface area contributed by atoms with Crippen LogP contribution in [0.4, 0.5) is 5.95 Å². The predicted molar refractivity (Wildman–Crippen MR) is 88.9 cm³/mol. The third-order valence-corrected chi connectivity index (χ3v) is 4.06. The van der Waals surface area contributed by atoms with Crippen LogP contribution in [0, 0.1) is 0 Å². The quantitative estimate of drug-likeness (QED) is 0.863. The summed E-state index contributed by atoms with van der Waals surface area (Å²) in [5.74, 6) is 1.83. The van der Waals surface area contributed by atoms with Gasteiger partial charge in [0.2, 0.25) is 5.95 Å². The summed E-state index contributed by atoms with van der Waals surface area (Å²) in [5.41, 5.74) is 0.707. The lowest BCUT2D eigenvalue weighted by atomic mass is 10.1. The second-order valence-electron chi connectivity index (χ2n) is 5.57. The SMILES string of the molecule is CCOc1ccc(C(=O)N2CCN(c3nccn3C)CC2)cc1. The van der Waals surface area contributed by atoms with E-state index in [0.29, 0.717) is 25.3 Å². The summed E-state index contributed by atoms with van der Waals surface area (Å²) in [7, 11) is 1.99. The van der Waals surface area contributed by atoms with Crippen molar-refractivity contribution in [3.63, 3.8) is 0 Å². The average Bonchev–Trinajstić information content (AvgIpc) is 3.01.